The highest BCUT2D eigenvalue weighted by molar-refractivity contribution is 5.82. The van der Waals surface area contributed by atoms with Crippen molar-refractivity contribution in [3.05, 3.63) is 46.5 Å². The lowest BCUT2D eigenvalue weighted by Gasteiger charge is -2.45. The number of aliphatic hydroxyl groups excluding tert-OH is 1. The van der Waals surface area contributed by atoms with E-state index in [1.165, 1.54) is 19.9 Å². The number of aliphatic hydroxyl groups is 1. The van der Waals surface area contributed by atoms with Gasteiger partial charge in [0, 0.05) is 23.7 Å². The van der Waals surface area contributed by atoms with Crippen LogP contribution in [0.4, 0.5) is 22.0 Å². The average molecular weight is 447 g/mol. The van der Waals surface area contributed by atoms with Crippen LogP contribution in [0.3, 0.4) is 0 Å². The molecule has 1 aromatic carbocycles. The molecule has 0 aliphatic carbocycles. The van der Waals surface area contributed by atoms with Crippen LogP contribution >= 0.6 is 0 Å². The summed E-state index contributed by atoms with van der Waals surface area (Å²) in [4.78, 5) is 12.8. The van der Waals surface area contributed by atoms with Gasteiger partial charge in [-0.25, -0.2) is 8.78 Å². The third kappa shape index (κ3) is 4.91. The lowest BCUT2D eigenvalue weighted by molar-refractivity contribution is -0.164. The van der Waals surface area contributed by atoms with Gasteiger partial charge in [0.1, 0.15) is 23.9 Å². The van der Waals surface area contributed by atoms with Gasteiger partial charge in [-0.2, -0.15) is 13.2 Å². The van der Waals surface area contributed by atoms with Crippen LogP contribution in [0, 0.1) is 17.6 Å². The maximum absolute atomic E-state index is 14.0. The fourth-order valence-electron chi connectivity index (χ4n) is 4.47. The average Bonchev–Trinajstić information content (AvgIpc) is 2.66. The largest absolute Gasteiger partial charge is 0.403 e. The van der Waals surface area contributed by atoms with E-state index in [0.29, 0.717) is 5.57 Å². The normalized spacial score (nSPS) is 28.7. The third-order valence-corrected chi connectivity index (χ3v) is 6.18. The quantitative estimate of drug-likeness (QED) is 0.423. The molecule has 0 radical (unpaired) electrons. The number of halogens is 5. The molecule has 1 aromatic rings. The first kappa shape index (κ1) is 23.6. The van der Waals surface area contributed by atoms with Crippen LogP contribution in [0.1, 0.15) is 45.2 Å². The van der Waals surface area contributed by atoms with Crippen LogP contribution in [-0.4, -0.2) is 41.5 Å². The Morgan fingerprint density at radius 3 is 2.48 bits per heavy atom. The summed E-state index contributed by atoms with van der Waals surface area (Å²) in [6.45, 7) is 4.66. The smallest absolute Gasteiger partial charge is 0.375 e. The summed E-state index contributed by atoms with van der Waals surface area (Å²) in [7, 11) is 0. The Morgan fingerprint density at radius 2 is 1.87 bits per heavy atom. The maximum Gasteiger partial charge on any atom is 0.403 e. The minimum absolute atomic E-state index is 0.0944. The molecular formula is C21H26F5N3O2. The van der Waals surface area contributed by atoms with E-state index in [1.54, 1.807) is 6.92 Å². The predicted octanol–water partition coefficient (Wildman–Crippen LogP) is 3.07. The number of carbonyl (C=O) groups is 1. The number of carbonyl (C=O) groups excluding carboxylic acids is 1. The zero-order valence-corrected chi connectivity index (χ0v) is 17.4. The summed E-state index contributed by atoms with van der Waals surface area (Å²) in [5, 5.41) is 18.7. The molecule has 6 atom stereocenters. The second kappa shape index (κ2) is 8.84. The van der Waals surface area contributed by atoms with E-state index >= 15 is 0 Å². The molecule has 31 heavy (non-hydrogen) atoms. The molecule has 2 aliphatic heterocycles. The molecule has 172 valence electrons. The van der Waals surface area contributed by atoms with E-state index in [9.17, 15) is 31.9 Å². The van der Waals surface area contributed by atoms with Crippen LogP contribution in [-0.2, 0) is 4.79 Å². The Bertz CT molecular complexity index is 873. The highest BCUT2D eigenvalue weighted by atomic mass is 19.4. The number of rotatable bonds is 4. The molecule has 3 rings (SSSR count). The number of benzene rings is 1. The lowest BCUT2D eigenvalue weighted by Crippen LogP contribution is -2.64. The molecule has 4 unspecified atom stereocenters. The molecule has 0 spiro atoms. The molecule has 1 saturated heterocycles. The number of hydrogen-bond acceptors (Lipinski definition) is 4. The fourth-order valence-corrected chi connectivity index (χ4v) is 4.47. The molecule has 0 aromatic heterocycles. The Hall–Kier alpha value is -2.04. The van der Waals surface area contributed by atoms with Crippen LogP contribution in [0.25, 0.3) is 0 Å². The Morgan fingerprint density at radius 1 is 1.19 bits per heavy atom. The highest BCUT2D eigenvalue weighted by Gasteiger charge is 2.47. The summed E-state index contributed by atoms with van der Waals surface area (Å²) in [6, 6.07) is -0.476. The lowest BCUT2D eigenvalue weighted by atomic mass is 9.80. The molecule has 0 bridgehead atoms. The summed E-state index contributed by atoms with van der Waals surface area (Å²) in [5.41, 5.74) is 0.853. The van der Waals surface area contributed by atoms with Gasteiger partial charge in [0.15, 0.2) is 0 Å². The fraction of sp³-hybridized carbons (Fsp3) is 0.571. The monoisotopic (exact) mass is 447 g/mol. The molecule has 1 fully saturated rings. The van der Waals surface area contributed by atoms with Gasteiger partial charge in [-0.05, 0) is 45.3 Å². The predicted molar refractivity (Wildman–Crippen MR) is 104 cm³/mol. The number of piperidine rings is 1. The van der Waals surface area contributed by atoms with Gasteiger partial charge >= 0.3 is 6.18 Å². The molecule has 5 nitrogen and oxygen atoms in total. The van der Waals surface area contributed by atoms with Crippen molar-refractivity contribution in [3.8, 4) is 0 Å². The van der Waals surface area contributed by atoms with E-state index in [-0.39, 0.29) is 30.0 Å². The van der Waals surface area contributed by atoms with Crippen molar-refractivity contribution in [2.45, 2.75) is 70.2 Å². The summed E-state index contributed by atoms with van der Waals surface area (Å²) < 4.78 is 66.7. The second-order valence-electron chi connectivity index (χ2n) is 8.25. The van der Waals surface area contributed by atoms with Gasteiger partial charge in [0.25, 0.3) is 0 Å². The number of fused-ring (bicyclic) bond motifs is 1. The summed E-state index contributed by atoms with van der Waals surface area (Å²) in [5.74, 6) is -2.96. The number of amides is 1. The Labute approximate surface area is 177 Å². The van der Waals surface area contributed by atoms with Gasteiger partial charge in [-0.3, -0.25) is 15.4 Å². The van der Waals surface area contributed by atoms with Gasteiger partial charge < -0.3 is 10.4 Å². The van der Waals surface area contributed by atoms with Crippen LogP contribution in [0.2, 0.25) is 0 Å². The third-order valence-electron chi connectivity index (χ3n) is 6.18. The minimum atomic E-state index is -4.39. The molecule has 1 amide bonds. The Balaban J connectivity index is 1.78. The zero-order valence-electron chi connectivity index (χ0n) is 17.4. The first-order valence-corrected chi connectivity index (χ1v) is 10.1. The maximum atomic E-state index is 14.0. The number of hydrogen-bond donors (Lipinski definition) is 4. The minimum Gasteiger partial charge on any atom is -0.375 e. The van der Waals surface area contributed by atoms with E-state index in [4.69, 9.17) is 0 Å². The molecule has 10 heteroatoms. The molecule has 0 saturated carbocycles. The summed E-state index contributed by atoms with van der Waals surface area (Å²) in [6.07, 6.45) is -5.46. The van der Waals surface area contributed by atoms with Gasteiger partial charge in [0.2, 0.25) is 5.91 Å². The van der Waals surface area contributed by atoms with E-state index in [2.05, 4.69) is 16.0 Å². The molecule has 2 aliphatic rings. The summed E-state index contributed by atoms with van der Waals surface area (Å²) >= 11 is 0. The molecular weight excluding hydrogens is 421 g/mol. The van der Waals surface area contributed by atoms with Crippen molar-refractivity contribution in [3.63, 3.8) is 0 Å². The molecule has 4 N–H and O–H groups in total. The Kier molecular flexibility index (Phi) is 6.73. The van der Waals surface area contributed by atoms with E-state index in [1.807, 2.05) is 0 Å². The van der Waals surface area contributed by atoms with Crippen molar-refractivity contribution in [1.82, 2.24) is 16.0 Å². The van der Waals surface area contributed by atoms with Gasteiger partial charge in [0.05, 0.1) is 12.0 Å². The zero-order chi connectivity index (χ0) is 23.1. The topological polar surface area (TPSA) is 73.4 Å². The number of nitrogens with one attached hydrogen (secondary N) is 3. The SMILES string of the molecule is CC1=C([C@H](C)C(=O)N[C@@H](C)c2ccc(F)cc2F)C(O)NC2CCC(C(F)(F)F)NC12. The van der Waals surface area contributed by atoms with Crippen LogP contribution < -0.4 is 16.0 Å². The van der Waals surface area contributed by atoms with Crippen molar-refractivity contribution >= 4 is 5.91 Å². The van der Waals surface area contributed by atoms with Crippen LogP contribution in [0.5, 0.6) is 0 Å². The number of alkyl halides is 3. The second-order valence-corrected chi connectivity index (χ2v) is 8.25. The van der Waals surface area contributed by atoms with Crippen molar-refractivity contribution in [2.24, 2.45) is 5.92 Å². The molecule has 2 heterocycles. The van der Waals surface area contributed by atoms with E-state index < -0.39 is 54.0 Å². The van der Waals surface area contributed by atoms with Crippen molar-refractivity contribution in [2.75, 3.05) is 0 Å². The van der Waals surface area contributed by atoms with E-state index in [0.717, 1.165) is 12.1 Å². The van der Waals surface area contributed by atoms with Gasteiger partial charge in [-0.1, -0.05) is 11.6 Å². The van der Waals surface area contributed by atoms with Crippen molar-refractivity contribution < 1.29 is 31.9 Å². The van der Waals surface area contributed by atoms with Crippen molar-refractivity contribution in [1.29, 1.82) is 0 Å². The first-order chi connectivity index (χ1) is 14.4. The standard InChI is InChI=1S/C21H26F5N3O2/c1-9-17(20(31)28-15-6-7-16(21(24,25)26)29-18(9)15)10(2)19(30)27-11(3)13-5-4-12(22)8-14(13)23/h4-5,8,10-11,15-16,18,20,28-29,31H,6-7H2,1-3H3,(H,27,30)/t10-,11-,15?,16?,18?,20?/m0/s1. The highest BCUT2D eigenvalue weighted by Crippen LogP contribution is 2.35. The van der Waals surface area contributed by atoms with Gasteiger partial charge in [-0.15, -0.1) is 0 Å². The first-order valence-electron chi connectivity index (χ1n) is 10.1. The van der Waals surface area contributed by atoms with Crippen LogP contribution in [0.15, 0.2) is 29.3 Å².